The second-order valence-corrected chi connectivity index (χ2v) is 15.7. The minimum atomic E-state index is -4.17. The third-order valence-corrected chi connectivity index (χ3v) is 11.4. The van der Waals surface area contributed by atoms with Gasteiger partial charge in [0.1, 0.15) is 11.9 Å². The smallest absolute Gasteiger partial charge is 0.264 e. The number of ether oxygens (including phenoxy) is 1. The van der Waals surface area contributed by atoms with Gasteiger partial charge in [-0.2, -0.15) is 4.98 Å². The lowest BCUT2D eigenvalue weighted by atomic mass is 9.86. The lowest BCUT2D eigenvalue weighted by Crippen LogP contribution is -2.55. The summed E-state index contributed by atoms with van der Waals surface area (Å²) >= 11 is 0. The standard InChI is InChI=1S/C37H43N7O4S/c1-22(2)17-31-32-16-15-30(29-20-38-21-33(39-29)43(5)26-12-8-13-26)44(31)36(45)25-11-7-14-27(18-25)49(46,47)42-37-40-28(19-34(41-37)48-32)35-23(3)9-6-10-24(35)4/h6-7,9-11,14,18-22,26,30-32H,8,12-13,15-17H2,1-5H3,(H,40,41,42)/t30-,31-,32-/m1/s1. The van der Waals surface area contributed by atoms with Crippen LogP contribution in [0.2, 0.25) is 0 Å². The van der Waals surface area contributed by atoms with Crippen LogP contribution in [0.3, 0.4) is 0 Å². The van der Waals surface area contributed by atoms with E-state index in [0.717, 1.165) is 35.3 Å². The molecule has 7 rings (SSSR count). The molecule has 0 unspecified atom stereocenters. The lowest BCUT2D eigenvalue weighted by Gasteiger charge is -2.46. The molecule has 2 fully saturated rings. The molecule has 2 aliphatic heterocycles. The summed E-state index contributed by atoms with van der Waals surface area (Å²) in [6, 6.07) is 13.6. The number of anilines is 2. The molecule has 12 heteroatoms. The van der Waals surface area contributed by atoms with Gasteiger partial charge in [0.2, 0.25) is 11.8 Å². The van der Waals surface area contributed by atoms with Crippen molar-refractivity contribution in [1.29, 1.82) is 0 Å². The molecule has 1 saturated heterocycles. The Labute approximate surface area is 288 Å². The van der Waals surface area contributed by atoms with Crippen molar-refractivity contribution >= 4 is 27.7 Å². The summed E-state index contributed by atoms with van der Waals surface area (Å²) in [5.74, 6) is 0.867. The van der Waals surface area contributed by atoms with Gasteiger partial charge in [0.25, 0.3) is 15.9 Å². The predicted octanol–water partition coefficient (Wildman–Crippen LogP) is 6.49. The molecule has 2 aromatic carbocycles. The number of hydrogen-bond donors (Lipinski definition) is 1. The zero-order chi connectivity index (χ0) is 34.4. The van der Waals surface area contributed by atoms with Gasteiger partial charge in [-0.1, -0.05) is 38.1 Å². The Balaban J connectivity index is 1.38. The fourth-order valence-corrected chi connectivity index (χ4v) is 8.34. The molecule has 1 N–H and O–H groups in total. The van der Waals surface area contributed by atoms with Crippen LogP contribution in [-0.4, -0.2) is 64.4 Å². The molecular formula is C37H43N7O4S. The van der Waals surface area contributed by atoms with Gasteiger partial charge < -0.3 is 14.5 Å². The van der Waals surface area contributed by atoms with E-state index >= 15 is 0 Å². The number of piperidine rings is 1. The van der Waals surface area contributed by atoms with Crippen molar-refractivity contribution in [2.24, 2.45) is 5.92 Å². The van der Waals surface area contributed by atoms with Crippen LogP contribution in [0.1, 0.15) is 85.6 Å². The van der Waals surface area contributed by atoms with E-state index in [1.165, 1.54) is 18.6 Å². The van der Waals surface area contributed by atoms with Crippen LogP contribution in [-0.2, 0) is 10.0 Å². The summed E-state index contributed by atoms with van der Waals surface area (Å²) in [6.07, 6.45) is 8.41. The van der Waals surface area contributed by atoms with Crippen molar-refractivity contribution in [3.8, 4) is 17.1 Å². The number of amides is 1. The fourth-order valence-electron chi connectivity index (χ4n) is 7.35. The van der Waals surface area contributed by atoms with Crippen LogP contribution >= 0.6 is 0 Å². The Morgan fingerprint density at radius 3 is 2.45 bits per heavy atom. The molecule has 11 nitrogen and oxygen atoms in total. The van der Waals surface area contributed by atoms with E-state index < -0.39 is 22.2 Å². The van der Waals surface area contributed by atoms with E-state index in [0.29, 0.717) is 36.7 Å². The molecule has 49 heavy (non-hydrogen) atoms. The molecule has 0 spiro atoms. The minimum Gasteiger partial charge on any atom is -0.472 e. The number of benzene rings is 2. The highest BCUT2D eigenvalue weighted by molar-refractivity contribution is 7.92. The predicted molar refractivity (Wildman–Crippen MR) is 188 cm³/mol. The number of sulfonamides is 1. The summed E-state index contributed by atoms with van der Waals surface area (Å²) < 4.78 is 36.9. The molecule has 1 amide bonds. The van der Waals surface area contributed by atoms with Crippen molar-refractivity contribution < 1.29 is 17.9 Å². The van der Waals surface area contributed by atoms with Gasteiger partial charge in [-0.25, -0.2) is 23.1 Å². The fraction of sp³-hybridized carbons (Fsp3) is 0.432. The summed E-state index contributed by atoms with van der Waals surface area (Å²) in [5, 5.41) is 0. The number of rotatable bonds is 6. The molecule has 256 valence electrons. The van der Waals surface area contributed by atoms with E-state index in [9.17, 15) is 13.2 Å². The second kappa shape index (κ2) is 13.0. The number of nitrogens with one attached hydrogen (secondary N) is 1. The molecule has 3 atom stereocenters. The zero-order valence-electron chi connectivity index (χ0n) is 28.6. The Kier molecular flexibility index (Phi) is 8.76. The zero-order valence-corrected chi connectivity index (χ0v) is 29.4. The maximum atomic E-state index is 14.8. The third-order valence-electron chi connectivity index (χ3n) is 10.1. The summed E-state index contributed by atoms with van der Waals surface area (Å²) in [4.78, 5) is 37.7. The molecule has 1 saturated carbocycles. The molecule has 4 aromatic rings. The van der Waals surface area contributed by atoms with Gasteiger partial charge in [-0.15, -0.1) is 0 Å². The average molecular weight is 682 g/mol. The van der Waals surface area contributed by atoms with Crippen LogP contribution in [0.5, 0.6) is 5.88 Å². The van der Waals surface area contributed by atoms with Gasteiger partial charge in [0, 0.05) is 30.3 Å². The van der Waals surface area contributed by atoms with E-state index in [1.54, 1.807) is 30.6 Å². The van der Waals surface area contributed by atoms with Crippen molar-refractivity contribution in [3.63, 3.8) is 0 Å². The normalized spacial score (nSPS) is 21.8. The van der Waals surface area contributed by atoms with Crippen LogP contribution in [0.15, 0.2) is 65.8 Å². The van der Waals surface area contributed by atoms with Crippen LogP contribution in [0.25, 0.3) is 11.3 Å². The summed E-state index contributed by atoms with van der Waals surface area (Å²) in [5.41, 5.74) is 4.38. The van der Waals surface area contributed by atoms with Gasteiger partial charge in [-0.05, 0) is 87.6 Å². The molecular weight excluding hydrogens is 639 g/mol. The van der Waals surface area contributed by atoms with Crippen molar-refractivity contribution in [1.82, 2.24) is 24.8 Å². The number of nitrogens with zero attached hydrogens (tertiary/aromatic N) is 6. The molecule has 0 radical (unpaired) electrons. The Morgan fingerprint density at radius 2 is 1.73 bits per heavy atom. The highest BCUT2D eigenvalue weighted by Gasteiger charge is 2.44. The Hall–Kier alpha value is -4.58. The average Bonchev–Trinajstić information content (AvgIpc) is 3.03. The SMILES string of the molecule is Cc1cccc(C)c1-c1cc2nc(n1)NS(=O)(=O)c1cccc(c1)C(=O)N1[C@@H](c3cncc(N(C)C4CCC4)n3)CC[C@@H](O2)[C@H]1CC(C)C. The molecule has 2 aromatic heterocycles. The van der Waals surface area contributed by atoms with Gasteiger partial charge in [-0.3, -0.25) is 9.78 Å². The quantitative estimate of drug-likeness (QED) is 0.243. The number of carbonyl (C=O) groups excluding carboxylic acids is 1. The van der Waals surface area contributed by atoms with E-state index in [1.807, 2.05) is 36.9 Å². The van der Waals surface area contributed by atoms with Gasteiger partial charge in [0.15, 0.2) is 0 Å². The topological polar surface area (TPSA) is 131 Å². The van der Waals surface area contributed by atoms with Crippen LogP contribution in [0.4, 0.5) is 11.8 Å². The van der Waals surface area contributed by atoms with E-state index in [-0.39, 0.29) is 40.2 Å². The largest absolute Gasteiger partial charge is 0.472 e. The maximum Gasteiger partial charge on any atom is 0.264 e. The number of fused-ring (bicyclic) bond motifs is 6. The second-order valence-electron chi connectivity index (χ2n) is 14.0. The molecule has 3 aliphatic rings. The minimum absolute atomic E-state index is 0.0597. The highest BCUT2D eigenvalue weighted by Crippen LogP contribution is 2.40. The lowest BCUT2D eigenvalue weighted by molar-refractivity contribution is -0.0119. The van der Waals surface area contributed by atoms with Crippen LogP contribution < -0.4 is 14.4 Å². The van der Waals surface area contributed by atoms with E-state index in [4.69, 9.17) is 9.72 Å². The third kappa shape index (κ3) is 6.46. The highest BCUT2D eigenvalue weighted by atomic mass is 32.2. The maximum absolute atomic E-state index is 14.8. The molecule has 4 heterocycles. The Bertz CT molecular complexity index is 1980. The van der Waals surface area contributed by atoms with Gasteiger partial charge >= 0.3 is 0 Å². The first kappa shape index (κ1) is 32.9. The number of aryl methyl sites for hydroxylation is 2. The first-order chi connectivity index (χ1) is 23.5. The molecule has 1 aliphatic carbocycles. The number of hydrogen-bond acceptors (Lipinski definition) is 9. The monoisotopic (exact) mass is 681 g/mol. The summed E-state index contributed by atoms with van der Waals surface area (Å²) in [7, 11) is -2.12. The van der Waals surface area contributed by atoms with Crippen molar-refractivity contribution in [2.45, 2.75) is 95.3 Å². The Morgan fingerprint density at radius 1 is 0.980 bits per heavy atom. The summed E-state index contributed by atoms with van der Waals surface area (Å²) in [6.45, 7) is 8.25. The first-order valence-corrected chi connectivity index (χ1v) is 18.6. The van der Waals surface area contributed by atoms with Gasteiger partial charge in [0.05, 0.1) is 40.8 Å². The van der Waals surface area contributed by atoms with Crippen LogP contribution in [0, 0.1) is 19.8 Å². The number of aromatic nitrogens is 4. The van der Waals surface area contributed by atoms with Crippen molar-refractivity contribution in [3.05, 3.63) is 83.3 Å². The van der Waals surface area contributed by atoms with Crippen molar-refractivity contribution in [2.75, 3.05) is 16.7 Å². The number of carbonyl (C=O) groups is 1. The van der Waals surface area contributed by atoms with E-state index in [2.05, 4.69) is 45.5 Å². The molecule has 6 bridgehead atoms. The first-order valence-electron chi connectivity index (χ1n) is 17.1.